The van der Waals surface area contributed by atoms with Crippen LogP contribution in [0, 0.1) is 6.92 Å². The zero-order chi connectivity index (χ0) is 11.8. The lowest BCUT2D eigenvalue weighted by molar-refractivity contribution is 0.0549. The van der Waals surface area contributed by atoms with Crippen LogP contribution in [0.5, 0.6) is 0 Å². The van der Waals surface area contributed by atoms with Gasteiger partial charge in [0.1, 0.15) is 6.61 Å². The van der Waals surface area contributed by atoms with Crippen molar-refractivity contribution in [1.29, 1.82) is 0 Å². The van der Waals surface area contributed by atoms with Gasteiger partial charge in [0.2, 0.25) is 0 Å². The van der Waals surface area contributed by atoms with Gasteiger partial charge in [-0.3, -0.25) is 0 Å². The average molecular weight is 216 g/mol. The molecule has 0 saturated heterocycles. The fourth-order valence-corrected chi connectivity index (χ4v) is 1.16. The van der Waals surface area contributed by atoms with Gasteiger partial charge in [-0.1, -0.05) is 35.9 Å². The molecule has 0 fully saturated rings. The van der Waals surface area contributed by atoms with Crippen molar-refractivity contribution >= 4 is 5.97 Å². The second kappa shape index (κ2) is 6.62. The van der Waals surface area contributed by atoms with Crippen LogP contribution in [0.1, 0.15) is 22.3 Å². The highest BCUT2D eigenvalue weighted by molar-refractivity contribution is 5.89. The van der Waals surface area contributed by atoms with E-state index >= 15 is 0 Å². The summed E-state index contributed by atoms with van der Waals surface area (Å²) in [4.78, 5) is 11.5. The maximum Gasteiger partial charge on any atom is 0.338 e. The molecule has 2 heteroatoms. The van der Waals surface area contributed by atoms with Crippen LogP contribution in [0.3, 0.4) is 0 Å². The van der Waals surface area contributed by atoms with Crippen LogP contribution in [-0.4, -0.2) is 12.6 Å². The molecule has 0 radical (unpaired) electrons. The minimum absolute atomic E-state index is 0.289. The largest absolute Gasteiger partial charge is 0.458 e. The molecular formula is C14H16O2. The number of hydrogen-bond acceptors (Lipinski definition) is 2. The van der Waals surface area contributed by atoms with E-state index in [1.807, 2.05) is 31.2 Å². The normalized spacial score (nSPS) is 10.3. The van der Waals surface area contributed by atoms with Crippen molar-refractivity contribution in [2.24, 2.45) is 0 Å². The Morgan fingerprint density at radius 1 is 1.31 bits per heavy atom. The van der Waals surface area contributed by atoms with Gasteiger partial charge in [0.05, 0.1) is 5.56 Å². The van der Waals surface area contributed by atoms with Gasteiger partial charge in [0.25, 0.3) is 0 Å². The quantitative estimate of drug-likeness (QED) is 0.557. The third-order valence-electron chi connectivity index (χ3n) is 2.07. The first-order valence-electron chi connectivity index (χ1n) is 5.23. The molecule has 1 aromatic rings. The van der Waals surface area contributed by atoms with Crippen molar-refractivity contribution in [3.05, 3.63) is 60.2 Å². The van der Waals surface area contributed by atoms with Crippen LogP contribution in [0.15, 0.2) is 49.1 Å². The summed E-state index contributed by atoms with van der Waals surface area (Å²) in [6.45, 7) is 5.88. The number of carbonyl (C=O) groups excluding carboxylic acids is 1. The average Bonchev–Trinajstić information content (AvgIpc) is 2.29. The van der Waals surface area contributed by atoms with Crippen LogP contribution in [0.25, 0.3) is 0 Å². The maximum absolute atomic E-state index is 11.5. The first kappa shape index (κ1) is 12.2. The molecule has 0 spiro atoms. The standard InChI is InChI=1S/C14H16O2/c1-3-4-5-6-11-16-14(15)13-9-7-12(2)8-10-13/h3,5-10H,1,4,11H2,2H3/b6-5+. The smallest absolute Gasteiger partial charge is 0.338 e. The highest BCUT2D eigenvalue weighted by atomic mass is 16.5. The summed E-state index contributed by atoms with van der Waals surface area (Å²) in [5.41, 5.74) is 1.71. The van der Waals surface area contributed by atoms with E-state index in [1.54, 1.807) is 18.2 Å². The number of carbonyl (C=O) groups is 1. The fraction of sp³-hybridized carbons (Fsp3) is 0.214. The molecule has 0 N–H and O–H groups in total. The molecule has 0 aliphatic carbocycles. The van der Waals surface area contributed by atoms with Gasteiger partial charge in [0.15, 0.2) is 0 Å². The first-order chi connectivity index (χ1) is 7.74. The number of aryl methyl sites for hydroxylation is 1. The summed E-state index contributed by atoms with van der Waals surface area (Å²) in [5, 5.41) is 0. The second-order valence-electron chi connectivity index (χ2n) is 3.46. The molecule has 16 heavy (non-hydrogen) atoms. The van der Waals surface area contributed by atoms with E-state index in [0.717, 1.165) is 12.0 Å². The molecule has 1 rings (SSSR count). The summed E-state index contributed by atoms with van der Waals surface area (Å²) < 4.78 is 5.05. The molecule has 2 nitrogen and oxygen atoms in total. The van der Waals surface area contributed by atoms with Crippen molar-refractivity contribution in [2.45, 2.75) is 13.3 Å². The Morgan fingerprint density at radius 3 is 2.62 bits per heavy atom. The first-order valence-corrected chi connectivity index (χ1v) is 5.23. The molecule has 0 amide bonds. The molecule has 0 unspecified atom stereocenters. The molecule has 0 aliphatic heterocycles. The van der Waals surface area contributed by atoms with Gasteiger partial charge in [-0.05, 0) is 25.5 Å². The molecule has 0 saturated carbocycles. The van der Waals surface area contributed by atoms with Crippen LogP contribution >= 0.6 is 0 Å². The number of allylic oxidation sites excluding steroid dienone is 2. The topological polar surface area (TPSA) is 26.3 Å². The Kier molecular flexibility index (Phi) is 5.06. The zero-order valence-electron chi connectivity index (χ0n) is 9.48. The molecule has 0 heterocycles. The highest BCUT2D eigenvalue weighted by Crippen LogP contribution is 2.04. The summed E-state index contributed by atoms with van der Waals surface area (Å²) in [5.74, 6) is -0.289. The Hall–Kier alpha value is -1.83. The van der Waals surface area contributed by atoms with Gasteiger partial charge >= 0.3 is 5.97 Å². The van der Waals surface area contributed by atoms with Gasteiger partial charge in [-0.2, -0.15) is 0 Å². The Labute approximate surface area is 96.2 Å². The van der Waals surface area contributed by atoms with Crippen molar-refractivity contribution < 1.29 is 9.53 Å². The lowest BCUT2D eigenvalue weighted by atomic mass is 10.1. The molecule has 0 bridgehead atoms. The predicted octanol–water partition coefficient (Wildman–Crippen LogP) is 3.28. The van der Waals surface area contributed by atoms with E-state index in [4.69, 9.17) is 4.74 Å². The maximum atomic E-state index is 11.5. The van der Waals surface area contributed by atoms with Crippen molar-refractivity contribution in [3.63, 3.8) is 0 Å². The van der Waals surface area contributed by atoms with Gasteiger partial charge < -0.3 is 4.74 Å². The van der Waals surface area contributed by atoms with Crippen LogP contribution in [-0.2, 0) is 4.74 Å². The van der Waals surface area contributed by atoms with Crippen LogP contribution in [0.2, 0.25) is 0 Å². The minimum Gasteiger partial charge on any atom is -0.458 e. The molecule has 84 valence electrons. The Balaban J connectivity index is 2.41. The summed E-state index contributed by atoms with van der Waals surface area (Å²) in [6.07, 6.45) is 6.31. The number of hydrogen-bond donors (Lipinski definition) is 0. The van der Waals surface area contributed by atoms with E-state index in [1.165, 1.54) is 0 Å². The van der Waals surface area contributed by atoms with E-state index in [0.29, 0.717) is 12.2 Å². The van der Waals surface area contributed by atoms with Gasteiger partial charge in [0, 0.05) is 0 Å². The SMILES string of the molecule is C=CC/C=C/COC(=O)c1ccc(C)cc1. The number of esters is 1. The number of rotatable bonds is 5. The zero-order valence-corrected chi connectivity index (χ0v) is 9.48. The molecule has 0 aromatic heterocycles. The van der Waals surface area contributed by atoms with Crippen LogP contribution in [0.4, 0.5) is 0 Å². The molecular weight excluding hydrogens is 200 g/mol. The second-order valence-corrected chi connectivity index (χ2v) is 3.46. The number of ether oxygens (including phenoxy) is 1. The van der Waals surface area contributed by atoms with E-state index < -0.39 is 0 Å². The van der Waals surface area contributed by atoms with E-state index in [9.17, 15) is 4.79 Å². The third kappa shape index (κ3) is 4.13. The van der Waals surface area contributed by atoms with Gasteiger partial charge in [-0.15, -0.1) is 6.58 Å². The van der Waals surface area contributed by atoms with Crippen LogP contribution < -0.4 is 0 Å². The third-order valence-corrected chi connectivity index (χ3v) is 2.07. The number of benzene rings is 1. The summed E-state index contributed by atoms with van der Waals surface area (Å²) in [7, 11) is 0. The van der Waals surface area contributed by atoms with E-state index in [2.05, 4.69) is 6.58 Å². The molecule has 0 aliphatic rings. The van der Waals surface area contributed by atoms with Crippen molar-refractivity contribution in [1.82, 2.24) is 0 Å². The summed E-state index contributed by atoms with van der Waals surface area (Å²) in [6, 6.07) is 7.32. The van der Waals surface area contributed by atoms with E-state index in [-0.39, 0.29) is 5.97 Å². The fourth-order valence-electron chi connectivity index (χ4n) is 1.16. The van der Waals surface area contributed by atoms with Crippen molar-refractivity contribution in [2.75, 3.05) is 6.61 Å². The molecule has 1 aromatic carbocycles. The minimum atomic E-state index is -0.289. The monoisotopic (exact) mass is 216 g/mol. The Bertz CT molecular complexity index is 374. The predicted molar refractivity (Wildman–Crippen MR) is 65.4 cm³/mol. The van der Waals surface area contributed by atoms with Crippen molar-refractivity contribution in [3.8, 4) is 0 Å². The Morgan fingerprint density at radius 2 is 2.00 bits per heavy atom. The van der Waals surface area contributed by atoms with Gasteiger partial charge in [-0.25, -0.2) is 4.79 Å². The lowest BCUT2D eigenvalue weighted by Gasteiger charge is -2.01. The molecule has 0 atom stereocenters. The highest BCUT2D eigenvalue weighted by Gasteiger charge is 2.04. The lowest BCUT2D eigenvalue weighted by Crippen LogP contribution is -2.04. The summed E-state index contributed by atoms with van der Waals surface area (Å²) >= 11 is 0.